The predicted octanol–water partition coefficient (Wildman–Crippen LogP) is 6.26. The van der Waals surface area contributed by atoms with Gasteiger partial charge in [-0.2, -0.15) is 0 Å². The second-order valence-electron chi connectivity index (χ2n) is 5.26. The van der Waals surface area contributed by atoms with Crippen molar-refractivity contribution in [2.75, 3.05) is 0 Å². The Kier molecular flexibility index (Phi) is 4.73. The summed E-state index contributed by atoms with van der Waals surface area (Å²) in [6.07, 6.45) is 5.04. The standard InChI is InChI=1S/C17H15BrClI/c18-14-7-8-16(20)15(10-14)17(19)13-6-5-11-3-1-2-4-12(11)9-13/h5-10,17H,1-4H2. The minimum absolute atomic E-state index is 0.0772. The number of halogens is 3. The number of rotatable bonds is 2. The molecule has 0 heterocycles. The van der Waals surface area contributed by atoms with E-state index < -0.39 is 0 Å². The Bertz CT molecular complexity index is 639. The molecule has 20 heavy (non-hydrogen) atoms. The molecule has 1 atom stereocenters. The van der Waals surface area contributed by atoms with Gasteiger partial charge in [0, 0.05) is 8.04 Å². The third-order valence-electron chi connectivity index (χ3n) is 3.90. The van der Waals surface area contributed by atoms with Gasteiger partial charge in [-0.1, -0.05) is 34.1 Å². The van der Waals surface area contributed by atoms with E-state index in [0.717, 1.165) is 4.47 Å². The number of aryl methyl sites for hydroxylation is 2. The number of fused-ring (bicyclic) bond motifs is 1. The van der Waals surface area contributed by atoms with E-state index in [1.54, 1.807) is 0 Å². The molecular weight excluding hydrogens is 446 g/mol. The highest BCUT2D eigenvalue weighted by Crippen LogP contribution is 2.35. The van der Waals surface area contributed by atoms with Gasteiger partial charge < -0.3 is 0 Å². The lowest BCUT2D eigenvalue weighted by Crippen LogP contribution is -2.04. The molecule has 0 radical (unpaired) electrons. The minimum atomic E-state index is -0.0772. The highest BCUT2D eigenvalue weighted by molar-refractivity contribution is 14.1. The zero-order chi connectivity index (χ0) is 14.1. The van der Waals surface area contributed by atoms with Gasteiger partial charge in [0.1, 0.15) is 0 Å². The summed E-state index contributed by atoms with van der Waals surface area (Å²) in [7, 11) is 0. The van der Waals surface area contributed by atoms with Gasteiger partial charge in [0.15, 0.2) is 0 Å². The summed E-state index contributed by atoms with van der Waals surface area (Å²) in [5, 5.41) is -0.0772. The van der Waals surface area contributed by atoms with Gasteiger partial charge >= 0.3 is 0 Å². The molecule has 0 saturated carbocycles. The van der Waals surface area contributed by atoms with Crippen LogP contribution in [0.25, 0.3) is 0 Å². The number of hydrogen-bond donors (Lipinski definition) is 0. The quantitative estimate of drug-likeness (QED) is 0.366. The van der Waals surface area contributed by atoms with Crippen LogP contribution in [0.4, 0.5) is 0 Å². The fraction of sp³-hybridized carbons (Fsp3) is 0.294. The summed E-state index contributed by atoms with van der Waals surface area (Å²) in [6.45, 7) is 0. The number of alkyl halides is 1. The van der Waals surface area contributed by atoms with Gasteiger partial charge in [-0.05, 0) is 88.7 Å². The van der Waals surface area contributed by atoms with Crippen molar-refractivity contribution in [2.24, 2.45) is 0 Å². The van der Waals surface area contributed by atoms with Gasteiger partial charge in [-0.3, -0.25) is 0 Å². The van der Waals surface area contributed by atoms with Crippen molar-refractivity contribution in [3.8, 4) is 0 Å². The molecule has 0 amide bonds. The van der Waals surface area contributed by atoms with E-state index in [0.29, 0.717) is 0 Å². The van der Waals surface area contributed by atoms with Gasteiger partial charge in [-0.15, -0.1) is 11.6 Å². The molecule has 0 saturated heterocycles. The molecule has 1 aliphatic carbocycles. The van der Waals surface area contributed by atoms with Crippen LogP contribution in [0.15, 0.2) is 40.9 Å². The highest BCUT2D eigenvalue weighted by atomic mass is 127. The summed E-state index contributed by atoms with van der Waals surface area (Å²) in [4.78, 5) is 0. The monoisotopic (exact) mass is 460 g/mol. The fourth-order valence-corrected chi connectivity index (χ4v) is 4.33. The van der Waals surface area contributed by atoms with Gasteiger partial charge in [0.05, 0.1) is 5.38 Å². The Morgan fingerprint density at radius 3 is 2.55 bits per heavy atom. The molecule has 0 N–H and O–H groups in total. The zero-order valence-corrected chi connectivity index (χ0v) is 15.5. The van der Waals surface area contributed by atoms with Crippen LogP contribution in [0.3, 0.4) is 0 Å². The van der Waals surface area contributed by atoms with Crippen molar-refractivity contribution < 1.29 is 0 Å². The van der Waals surface area contributed by atoms with E-state index in [4.69, 9.17) is 11.6 Å². The number of hydrogen-bond acceptors (Lipinski definition) is 0. The van der Waals surface area contributed by atoms with Crippen molar-refractivity contribution in [3.63, 3.8) is 0 Å². The van der Waals surface area contributed by atoms with Crippen LogP contribution >= 0.6 is 50.1 Å². The van der Waals surface area contributed by atoms with Crippen LogP contribution < -0.4 is 0 Å². The maximum Gasteiger partial charge on any atom is 0.0846 e. The second kappa shape index (κ2) is 6.37. The smallest absolute Gasteiger partial charge is 0.0846 e. The summed E-state index contributed by atoms with van der Waals surface area (Å²) in [6, 6.07) is 13.1. The lowest BCUT2D eigenvalue weighted by Gasteiger charge is -2.19. The van der Waals surface area contributed by atoms with Crippen molar-refractivity contribution in [3.05, 3.63) is 66.7 Å². The van der Waals surface area contributed by atoms with Crippen molar-refractivity contribution in [1.82, 2.24) is 0 Å². The first-order valence-electron chi connectivity index (χ1n) is 6.86. The Balaban J connectivity index is 1.97. The minimum Gasteiger partial charge on any atom is -0.113 e. The predicted molar refractivity (Wildman–Crippen MR) is 97.6 cm³/mol. The van der Waals surface area contributed by atoms with Gasteiger partial charge in [0.2, 0.25) is 0 Å². The van der Waals surface area contributed by atoms with E-state index in [1.165, 1.54) is 51.5 Å². The molecule has 0 nitrogen and oxygen atoms in total. The van der Waals surface area contributed by atoms with Crippen LogP contribution in [0.5, 0.6) is 0 Å². The third kappa shape index (κ3) is 3.07. The first kappa shape index (κ1) is 14.9. The van der Waals surface area contributed by atoms with Crippen LogP contribution in [-0.2, 0) is 12.8 Å². The van der Waals surface area contributed by atoms with E-state index in [-0.39, 0.29) is 5.38 Å². The van der Waals surface area contributed by atoms with Crippen LogP contribution in [-0.4, -0.2) is 0 Å². The van der Waals surface area contributed by atoms with Crippen molar-refractivity contribution in [2.45, 2.75) is 31.1 Å². The maximum atomic E-state index is 6.73. The van der Waals surface area contributed by atoms with Crippen LogP contribution in [0.2, 0.25) is 0 Å². The summed E-state index contributed by atoms with van der Waals surface area (Å²) < 4.78 is 2.29. The van der Waals surface area contributed by atoms with Crippen LogP contribution in [0, 0.1) is 3.57 Å². The fourth-order valence-electron chi connectivity index (χ4n) is 2.80. The first-order chi connectivity index (χ1) is 9.65. The topological polar surface area (TPSA) is 0 Å². The van der Waals surface area contributed by atoms with Gasteiger partial charge in [0.25, 0.3) is 0 Å². The summed E-state index contributed by atoms with van der Waals surface area (Å²) >= 11 is 12.6. The molecule has 0 aromatic heterocycles. The molecule has 3 rings (SSSR count). The Hall–Kier alpha value is -0.0600. The largest absolute Gasteiger partial charge is 0.113 e. The molecule has 2 aromatic rings. The average molecular weight is 462 g/mol. The lowest BCUT2D eigenvalue weighted by molar-refractivity contribution is 0.684. The zero-order valence-electron chi connectivity index (χ0n) is 11.0. The second-order valence-corrected chi connectivity index (χ2v) is 7.78. The average Bonchev–Trinajstić information content (AvgIpc) is 2.48. The SMILES string of the molecule is ClC(c1ccc2c(c1)CCCC2)c1cc(Br)ccc1I. The molecule has 0 aliphatic heterocycles. The van der Waals surface area contributed by atoms with Crippen molar-refractivity contribution in [1.29, 1.82) is 0 Å². The number of benzene rings is 2. The van der Waals surface area contributed by atoms with Crippen LogP contribution in [0.1, 0.15) is 40.5 Å². The molecule has 0 fully saturated rings. The Labute approximate surface area is 147 Å². The maximum absolute atomic E-state index is 6.73. The lowest BCUT2D eigenvalue weighted by atomic mass is 9.89. The molecule has 0 bridgehead atoms. The Morgan fingerprint density at radius 1 is 1.00 bits per heavy atom. The van der Waals surface area contributed by atoms with Crippen molar-refractivity contribution >= 4 is 50.1 Å². The third-order valence-corrected chi connectivity index (χ3v) is 5.86. The molecular formula is C17H15BrClI. The normalized spacial score (nSPS) is 15.8. The molecule has 1 aliphatic rings. The Morgan fingerprint density at radius 2 is 1.75 bits per heavy atom. The summed E-state index contributed by atoms with van der Waals surface area (Å²) in [5.41, 5.74) is 5.39. The highest BCUT2D eigenvalue weighted by Gasteiger charge is 2.17. The van der Waals surface area contributed by atoms with E-state index in [1.807, 2.05) is 0 Å². The molecule has 0 spiro atoms. The summed E-state index contributed by atoms with van der Waals surface area (Å²) in [5.74, 6) is 0. The first-order valence-corrected chi connectivity index (χ1v) is 9.16. The van der Waals surface area contributed by atoms with E-state index in [9.17, 15) is 0 Å². The molecule has 3 heteroatoms. The molecule has 2 aromatic carbocycles. The van der Waals surface area contributed by atoms with E-state index >= 15 is 0 Å². The molecule has 104 valence electrons. The van der Waals surface area contributed by atoms with E-state index in [2.05, 4.69) is 74.9 Å². The van der Waals surface area contributed by atoms with Gasteiger partial charge in [-0.25, -0.2) is 0 Å². The molecule has 1 unspecified atom stereocenters.